The number of aromatic hydroxyl groups is 2. The third-order valence-corrected chi connectivity index (χ3v) is 23.8. The Morgan fingerprint density at radius 1 is 0.403 bits per heavy atom. The molecular weight excluding hydrogens is 1660 g/mol. The predicted octanol–water partition coefficient (Wildman–Crippen LogP) is 16.1. The van der Waals surface area contributed by atoms with Gasteiger partial charge in [-0.25, -0.2) is 8.78 Å². The van der Waals surface area contributed by atoms with E-state index in [1.54, 1.807) is 57.2 Å². The molecule has 0 spiro atoms. The van der Waals surface area contributed by atoms with Gasteiger partial charge >= 0.3 is 5.97 Å². The summed E-state index contributed by atoms with van der Waals surface area (Å²) in [6.45, 7) is 26.0. The molecule has 12 aromatic rings. The number of ether oxygens (including phenoxy) is 2. The van der Waals surface area contributed by atoms with Gasteiger partial charge in [0.25, 0.3) is 23.6 Å². The molecule has 0 radical (unpaired) electrons. The number of rotatable bonds is 22. The molecule has 4 aliphatic rings. The number of amides is 4. The zero-order valence-electron chi connectivity index (χ0n) is 74.1. The Morgan fingerprint density at radius 2 is 0.736 bits per heavy atom. The van der Waals surface area contributed by atoms with Gasteiger partial charge in [0, 0.05) is 80.5 Å². The number of halogens is 3. The average Bonchev–Trinajstić information content (AvgIpc) is 0.734. The second-order valence-electron chi connectivity index (χ2n) is 33.4. The van der Waals surface area contributed by atoms with E-state index in [9.17, 15) is 62.1 Å². The highest BCUT2D eigenvalue weighted by molar-refractivity contribution is 6.30. The Hall–Kier alpha value is -13.8. The van der Waals surface area contributed by atoms with E-state index in [1.807, 2.05) is 190 Å². The first kappa shape index (κ1) is 92.8. The first-order valence-electron chi connectivity index (χ1n) is 43.4. The number of aromatic nitrogens is 8. The molecule has 4 aromatic heterocycles. The largest absolute Gasteiger partial charge is 0.502 e. The Kier molecular flexibility index (Phi) is 29.4. The maximum absolute atomic E-state index is 14.4. The summed E-state index contributed by atoms with van der Waals surface area (Å²) >= 11 is 6.33. The van der Waals surface area contributed by atoms with E-state index in [4.69, 9.17) is 21.1 Å². The minimum Gasteiger partial charge on any atom is -0.502 e. The van der Waals surface area contributed by atoms with Gasteiger partial charge in [-0.05, 0) is 149 Å². The van der Waals surface area contributed by atoms with Crippen LogP contribution in [-0.2, 0) is 4.79 Å². The van der Waals surface area contributed by atoms with Crippen LogP contribution in [0.5, 0.6) is 23.0 Å². The number of hydrogen-bond acceptors (Lipinski definition) is 17. The minimum absolute atomic E-state index is 0.0119. The molecule has 0 saturated carbocycles. The van der Waals surface area contributed by atoms with Crippen LogP contribution in [0.2, 0.25) is 5.02 Å². The molecule has 25 nitrogen and oxygen atoms in total. The third kappa shape index (κ3) is 20.1. The Balaban J connectivity index is 0.000000147. The van der Waals surface area contributed by atoms with Crippen molar-refractivity contribution in [1.82, 2.24) is 58.7 Å². The van der Waals surface area contributed by atoms with Gasteiger partial charge in [-0.2, -0.15) is 20.4 Å². The van der Waals surface area contributed by atoms with Crippen LogP contribution in [0, 0.1) is 45.2 Å². The molecule has 28 heteroatoms. The lowest BCUT2D eigenvalue weighted by Crippen LogP contribution is -2.49. The molecule has 2 N–H and O–H groups in total. The standard InChI is InChI=1S/C28H30FN3O4.C25H26FN3O3.C24H24ClN3O3.C24H25N3O3/c1-5-12-31-16-22(24(19-9-6-8-18(4)13-19)20-10-7-11-21(29)14-20)32-25(27(31)34)26(23(33)15-30-32)36-28(35)17(2)3;1-4-28-15-20(29-23(25(28)31)24(32-5-2)21(30)14-27-29)22(17-9-6-8-16(3)12-17)18-10-7-11-19(26)13-18;1-3-10-27-14-19(28-22(24(27)31)23(30)20(29)13-26-28)21(16-7-4-6-15(2)11-16)17-8-5-9-18(25)12-17;1-15(2)26-14-19(27-22(24(26)30)23(29)20(28)13-25-27)21(17-9-5-4-6-10-17)18-11-7-8-16(3)12-18/h6-11,13-15,17,22,24H,5,12,16H2,1-4H3;6-14,20,22H,4-5,15H2,1-3H3;4-9,11-13,19,21,30H,3,10,14H2,1-2H3;4-13,15,19,21,29H,14H2,1-3H3. The summed E-state index contributed by atoms with van der Waals surface area (Å²) in [4.78, 5) is 122. The normalized spacial score (nSPS) is 16.6. The molecule has 8 heterocycles. The first-order valence-corrected chi connectivity index (χ1v) is 43.8. The monoisotopic (exact) mass is 1770 g/mol. The van der Waals surface area contributed by atoms with Crippen molar-refractivity contribution in [1.29, 1.82) is 0 Å². The molecule has 129 heavy (non-hydrogen) atoms. The summed E-state index contributed by atoms with van der Waals surface area (Å²) in [5.41, 5.74) is 9.54. The number of carbonyl (C=O) groups is 5. The van der Waals surface area contributed by atoms with E-state index in [2.05, 4.69) is 56.8 Å². The van der Waals surface area contributed by atoms with Gasteiger partial charge in [0.2, 0.25) is 27.5 Å². The first-order chi connectivity index (χ1) is 61.9. The van der Waals surface area contributed by atoms with Crippen molar-refractivity contribution in [3.8, 4) is 23.0 Å². The van der Waals surface area contributed by atoms with Crippen LogP contribution in [0.3, 0.4) is 0 Å². The second-order valence-corrected chi connectivity index (χ2v) is 33.8. The van der Waals surface area contributed by atoms with Gasteiger partial charge in [0.1, 0.15) is 11.6 Å². The zero-order valence-corrected chi connectivity index (χ0v) is 74.8. The van der Waals surface area contributed by atoms with Crippen molar-refractivity contribution in [3.63, 3.8) is 0 Å². The van der Waals surface area contributed by atoms with Crippen molar-refractivity contribution in [3.05, 3.63) is 372 Å². The fraction of sp³-hybridized carbons (Fsp3) is 0.317. The highest BCUT2D eigenvalue weighted by Crippen LogP contribution is 2.46. The molecule has 4 aliphatic heterocycles. The van der Waals surface area contributed by atoms with Crippen LogP contribution in [0.15, 0.2) is 244 Å². The number of nitrogens with zero attached hydrogens (tertiary/aromatic N) is 12. The van der Waals surface area contributed by atoms with Crippen LogP contribution in [0.25, 0.3) is 0 Å². The molecule has 8 atom stereocenters. The lowest BCUT2D eigenvalue weighted by atomic mass is 9.83. The fourth-order valence-corrected chi connectivity index (χ4v) is 17.9. The van der Waals surface area contributed by atoms with Crippen molar-refractivity contribution >= 4 is 41.2 Å². The van der Waals surface area contributed by atoms with E-state index in [0.717, 1.165) is 86.2 Å². The Bertz CT molecular complexity index is 6280. The van der Waals surface area contributed by atoms with Gasteiger partial charge in [-0.15, -0.1) is 0 Å². The Morgan fingerprint density at radius 3 is 1.12 bits per heavy atom. The summed E-state index contributed by atoms with van der Waals surface area (Å²) in [6.07, 6.45) is 5.87. The number of carbonyl (C=O) groups excluding carboxylic acids is 5. The van der Waals surface area contributed by atoms with Crippen LogP contribution in [-0.4, -0.2) is 157 Å². The molecule has 16 rings (SSSR count). The van der Waals surface area contributed by atoms with Gasteiger partial charge < -0.3 is 39.3 Å². The number of fused-ring (bicyclic) bond motifs is 4. The van der Waals surface area contributed by atoms with Gasteiger partial charge in [0.15, 0.2) is 40.0 Å². The summed E-state index contributed by atoms with van der Waals surface area (Å²) in [5.74, 6) is -5.68. The lowest BCUT2D eigenvalue weighted by molar-refractivity contribution is -0.137. The molecule has 4 amide bonds. The predicted molar refractivity (Wildman–Crippen MR) is 488 cm³/mol. The molecule has 8 unspecified atom stereocenters. The fourth-order valence-electron chi connectivity index (χ4n) is 17.7. The average molecular weight is 1770 g/mol. The molecule has 0 aliphatic carbocycles. The van der Waals surface area contributed by atoms with Crippen molar-refractivity contribution in [2.24, 2.45) is 5.92 Å². The maximum atomic E-state index is 14.4. The van der Waals surface area contributed by atoms with Crippen LogP contribution in [0.1, 0.15) is 225 Å². The van der Waals surface area contributed by atoms with Crippen LogP contribution in [0.4, 0.5) is 8.78 Å². The molecular formula is C101H105ClF2N12O13. The molecule has 0 fully saturated rings. The van der Waals surface area contributed by atoms with Crippen molar-refractivity contribution < 1.29 is 52.4 Å². The van der Waals surface area contributed by atoms with Gasteiger partial charge in [-0.3, -0.25) is 61.9 Å². The van der Waals surface area contributed by atoms with Crippen molar-refractivity contribution in [2.45, 2.75) is 150 Å². The number of likely N-dealkylation sites (N-methyl/N-ethyl adjacent to an activating group) is 1. The van der Waals surface area contributed by atoms with E-state index in [-0.39, 0.29) is 112 Å². The molecule has 8 aromatic carbocycles. The third-order valence-electron chi connectivity index (χ3n) is 23.6. The number of aryl methyl sites for hydroxylation is 4. The van der Waals surface area contributed by atoms with Gasteiger partial charge in [0.05, 0.1) is 61.5 Å². The maximum Gasteiger partial charge on any atom is 0.313 e. The second kappa shape index (κ2) is 40.9. The lowest BCUT2D eigenvalue weighted by Gasteiger charge is -2.41. The van der Waals surface area contributed by atoms with E-state index >= 15 is 0 Å². The number of hydrogen-bond donors (Lipinski definition) is 2. The van der Waals surface area contributed by atoms with Crippen LogP contribution < -0.4 is 31.2 Å². The highest BCUT2D eigenvalue weighted by Gasteiger charge is 2.46. The SMILES string of the molecule is CCCN1CC(C(c2cccc(C)c2)c2cccc(Cl)c2)n2ncc(=O)c(O)c2C1=O.CCCN1CC(C(c2cccc(C)c2)c2cccc(F)c2)n2ncc(=O)c(OC(=O)C(C)C)c2C1=O.CCOc1c2n(ncc1=O)C(C(c1cccc(C)c1)c1cccc(F)c1)CN(CC)C2=O.Cc1cccc(C(c2ccccc2)C2CN(C(C)C)C(=O)c3c(O)c(=O)cnn32)c1. The summed E-state index contributed by atoms with van der Waals surface area (Å²) in [7, 11) is 0. The molecule has 668 valence electrons. The summed E-state index contributed by atoms with van der Waals surface area (Å²) in [5, 5.41) is 38.9. The number of esters is 1. The van der Waals surface area contributed by atoms with Crippen molar-refractivity contribution in [2.75, 3.05) is 52.4 Å². The van der Waals surface area contributed by atoms with Gasteiger partial charge in [-0.1, -0.05) is 225 Å². The minimum atomic E-state index is -0.661. The molecule has 0 saturated heterocycles. The zero-order chi connectivity index (χ0) is 92.3. The summed E-state index contributed by atoms with van der Waals surface area (Å²) < 4.78 is 45.8. The molecule has 0 bridgehead atoms. The number of benzene rings is 8. The van der Waals surface area contributed by atoms with E-state index in [1.165, 1.54) is 44.5 Å². The van der Waals surface area contributed by atoms with E-state index in [0.29, 0.717) is 62.8 Å². The quantitative estimate of drug-likeness (QED) is 0.0596. The highest BCUT2D eigenvalue weighted by atomic mass is 35.5. The van der Waals surface area contributed by atoms with E-state index < -0.39 is 63.0 Å². The van der Waals surface area contributed by atoms with Crippen LogP contribution >= 0.6 is 11.6 Å². The summed E-state index contributed by atoms with van der Waals surface area (Å²) in [6, 6.07) is 61.4. The smallest absolute Gasteiger partial charge is 0.313 e. The topological polar surface area (TPSA) is 297 Å². The Labute approximate surface area is 751 Å².